The lowest BCUT2D eigenvalue weighted by atomic mass is 9.91. The number of nitrogens with two attached hydrogens (primary N) is 1. The smallest absolute Gasteiger partial charge is 0.123 e. The van der Waals surface area contributed by atoms with Crippen LogP contribution >= 0.6 is 11.6 Å². The van der Waals surface area contributed by atoms with Gasteiger partial charge in [0.25, 0.3) is 0 Å². The van der Waals surface area contributed by atoms with E-state index < -0.39 is 0 Å². The molecule has 20 heavy (non-hydrogen) atoms. The van der Waals surface area contributed by atoms with Gasteiger partial charge in [-0.2, -0.15) is 0 Å². The molecule has 2 aromatic rings. The molecule has 0 heterocycles. The highest BCUT2D eigenvalue weighted by Crippen LogP contribution is 2.27. The third-order valence-electron chi connectivity index (χ3n) is 3.56. The van der Waals surface area contributed by atoms with Crippen molar-refractivity contribution >= 4 is 11.6 Å². The van der Waals surface area contributed by atoms with Gasteiger partial charge in [-0.05, 0) is 67.6 Å². The molecule has 0 fully saturated rings. The Morgan fingerprint density at radius 3 is 2.30 bits per heavy atom. The largest absolute Gasteiger partial charge is 0.324 e. The zero-order valence-corrected chi connectivity index (χ0v) is 12.8. The highest BCUT2D eigenvalue weighted by atomic mass is 35.5. The van der Waals surface area contributed by atoms with Crippen LogP contribution in [0.5, 0.6) is 0 Å². The molecule has 2 rings (SSSR count). The molecule has 0 aliphatic carbocycles. The minimum absolute atomic E-state index is 0.185. The fourth-order valence-corrected chi connectivity index (χ4v) is 3.01. The molecular weight excluding hydrogens is 273 g/mol. The molecule has 1 atom stereocenters. The number of benzene rings is 2. The van der Waals surface area contributed by atoms with Crippen LogP contribution in [0.2, 0.25) is 5.02 Å². The van der Waals surface area contributed by atoms with Crippen LogP contribution in [-0.4, -0.2) is 0 Å². The molecule has 0 saturated heterocycles. The molecule has 0 aliphatic rings. The molecule has 0 aromatic heterocycles. The highest BCUT2D eigenvalue weighted by Gasteiger charge is 2.15. The molecule has 1 unspecified atom stereocenters. The zero-order chi connectivity index (χ0) is 14.9. The van der Waals surface area contributed by atoms with E-state index in [0.29, 0.717) is 11.4 Å². The molecule has 1 nitrogen and oxygen atoms in total. The van der Waals surface area contributed by atoms with E-state index in [-0.39, 0.29) is 11.9 Å². The van der Waals surface area contributed by atoms with E-state index in [4.69, 9.17) is 17.3 Å². The first-order valence-electron chi connectivity index (χ1n) is 6.65. The van der Waals surface area contributed by atoms with Crippen LogP contribution in [0.1, 0.15) is 33.9 Å². The van der Waals surface area contributed by atoms with Crippen LogP contribution in [0.25, 0.3) is 0 Å². The second-order valence-corrected chi connectivity index (χ2v) is 5.77. The lowest BCUT2D eigenvalue weighted by Gasteiger charge is -2.19. The molecule has 106 valence electrons. The summed E-state index contributed by atoms with van der Waals surface area (Å²) in [5.41, 5.74) is 11.7. The van der Waals surface area contributed by atoms with Crippen molar-refractivity contribution in [3.63, 3.8) is 0 Å². The average Bonchev–Trinajstić information content (AvgIpc) is 2.32. The summed E-state index contributed by atoms with van der Waals surface area (Å²) in [7, 11) is 0. The minimum Gasteiger partial charge on any atom is -0.324 e. The molecule has 2 N–H and O–H groups in total. The van der Waals surface area contributed by atoms with Gasteiger partial charge in [0.05, 0.1) is 0 Å². The number of hydrogen-bond acceptors (Lipinski definition) is 1. The Bertz CT molecular complexity index is 614. The zero-order valence-electron chi connectivity index (χ0n) is 12.0. The van der Waals surface area contributed by atoms with Crippen LogP contribution in [0.15, 0.2) is 30.3 Å². The average molecular weight is 292 g/mol. The number of hydrogen-bond donors (Lipinski definition) is 1. The minimum atomic E-state index is -0.283. The number of aryl methyl sites for hydroxylation is 3. The molecule has 0 saturated carbocycles. The first-order valence-corrected chi connectivity index (χ1v) is 7.03. The van der Waals surface area contributed by atoms with Gasteiger partial charge in [0.1, 0.15) is 5.82 Å². The Kier molecular flexibility index (Phi) is 4.46. The van der Waals surface area contributed by atoms with Crippen LogP contribution in [-0.2, 0) is 6.42 Å². The Hall–Kier alpha value is -1.38. The van der Waals surface area contributed by atoms with Gasteiger partial charge < -0.3 is 5.73 Å². The van der Waals surface area contributed by atoms with E-state index in [1.165, 1.54) is 28.8 Å². The summed E-state index contributed by atoms with van der Waals surface area (Å²) in [5.74, 6) is -0.283. The Balaban J connectivity index is 2.33. The van der Waals surface area contributed by atoms with Crippen molar-refractivity contribution in [3.8, 4) is 0 Å². The summed E-state index contributed by atoms with van der Waals surface area (Å²) >= 11 is 6.11. The quantitative estimate of drug-likeness (QED) is 0.875. The molecular formula is C17H19ClFN. The van der Waals surface area contributed by atoms with Crippen LogP contribution in [0, 0.1) is 26.6 Å². The standard InChI is InChI=1S/C17H19ClFN/c1-10-6-11(2)17(12(3)7-10)16(20)9-13-8-14(19)4-5-15(13)18/h4-8,16H,9,20H2,1-3H3. The maximum Gasteiger partial charge on any atom is 0.123 e. The summed E-state index contributed by atoms with van der Waals surface area (Å²) in [4.78, 5) is 0. The highest BCUT2D eigenvalue weighted by molar-refractivity contribution is 6.31. The van der Waals surface area contributed by atoms with Crippen molar-refractivity contribution in [2.75, 3.05) is 0 Å². The predicted molar refractivity (Wildman–Crippen MR) is 82.7 cm³/mol. The first kappa shape index (κ1) is 15.0. The van der Waals surface area contributed by atoms with Gasteiger partial charge in [-0.3, -0.25) is 0 Å². The Morgan fingerprint density at radius 2 is 1.70 bits per heavy atom. The van der Waals surface area contributed by atoms with Gasteiger partial charge in [-0.25, -0.2) is 4.39 Å². The van der Waals surface area contributed by atoms with Gasteiger partial charge in [-0.15, -0.1) is 0 Å². The summed E-state index contributed by atoms with van der Waals surface area (Å²) < 4.78 is 13.3. The monoisotopic (exact) mass is 291 g/mol. The molecule has 3 heteroatoms. The van der Waals surface area contributed by atoms with E-state index in [2.05, 4.69) is 32.9 Å². The van der Waals surface area contributed by atoms with Gasteiger partial charge in [-0.1, -0.05) is 29.3 Å². The lowest BCUT2D eigenvalue weighted by molar-refractivity contribution is 0.621. The molecule has 0 amide bonds. The first-order chi connectivity index (χ1) is 9.38. The topological polar surface area (TPSA) is 26.0 Å². The third-order valence-corrected chi connectivity index (χ3v) is 3.93. The van der Waals surface area contributed by atoms with E-state index >= 15 is 0 Å². The van der Waals surface area contributed by atoms with E-state index in [1.54, 1.807) is 6.07 Å². The summed E-state index contributed by atoms with van der Waals surface area (Å²) in [6, 6.07) is 8.45. The fourth-order valence-electron chi connectivity index (χ4n) is 2.81. The van der Waals surface area contributed by atoms with Gasteiger partial charge in [0, 0.05) is 11.1 Å². The molecule has 0 radical (unpaired) electrons. The second-order valence-electron chi connectivity index (χ2n) is 5.36. The SMILES string of the molecule is Cc1cc(C)c(C(N)Cc2cc(F)ccc2Cl)c(C)c1. The van der Waals surface area contributed by atoms with Crippen LogP contribution < -0.4 is 5.73 Å². The normalized spacial score (nSPS) is 12.5. The van der Waals surface area contributed by atoms with E-state index in [9.17, 15) is 4.39 Å². The van der Waals surface area contributed by atoms with Crippen molar-refractivity contribution in [1.29, 1.82) is 0 Å². The Labute approximate surface area is 124 Å². The molecule has 2 aromatic carbocycles. The summed E-state index contributed by atoms with van der Waals surface area (Å²) in [5, 5.41) is 0.560. The fraction of sp³-hybridized carbons (Fsp3) is 0.294. The van der Waals surface area contributed by atoms with E-state index in [0.717, 1.165) is 11.1 Å². The van der Waals surface area contributed by atoms with Crippen molar-refractivity contribution in [2.24, 2.45) is 5.73 Å². The van der Waals surface area contributed by atoms with Crippen LogP contribution in [0.3, 0.4) is 0 Å². The molecule has 0 spiro atoms. The molecule has 0 aliphatic heterocycles. The molecule has 0 bridgehead atoms. The van der Waals surface area contributed by atoms with E-state index in [1.807, 2.05) is 0 Å². The van der Waals surface area contributed by atoms with Crippen LogP contribution in [0.4, 0.5) is 4.39 Å². The third kappa shape index (κ3) is 3.20. The Morgan fingerprint density at radius 1 is 1.10 bits per heavy atom. The summed E-state index contributed by atoms with van der Waals surface area (Å²) in [6.07, 6.45) is 0.529. The van der Waals surface area contributed by atoms with Crippen molar-refractivity contribution in [1.82, 2.24) is 0 Å². The summed E-state index contributed by atoms with van der Waals surface area (Å²) in [6.45, 7) is 6.18. The number of rotatable bonds is 3. The van der Waals surface area contributed by atoms with Crippen molar-refractivity contribution in [2.45, 2.75) is 33.2 Å². The second kappa shape index (κ2) is 5.94. The maximum absolute atomic E-state index is 13.3. The predicted octanol–water partition coefficient (Wildman–Crippen LogP) is 4.65. The lowest BCUT2D eigenvalue weighted by Crippen LogP contribution is -2.16. The van der Waals surface area contributed by atoms with Gasteiger partial charge >= 0.3 is 0 Å². The van der Waals surface area contributed by atoms with Crippen molar-refractivity contribution < 1.29 is 4.39 Å². The number of halogens is 2. The van der Waals surface area contributed by atoms with Gasteiger partial charge in [0.15, 0.2) is 0 Å². The van der Waals surface area contributed by atoms with Crippen molar-refractivity contribution in [3.05, 3.63) is 69.0 Å². The maximum atomic E-state index is 13.3. The van der Waals surface area contributed by atoms with Gasteiger partial charge in [0.2, 0.25) is 0 Å².